The number of rotatable bonds is 1. The summed E-state index contributed by atoms with van der Waals surface area (Å²) < 4.78 is 1.78. The van der Waals surface area contributed by atoms with Crippen molar-refractivity contribution in [2.24, 2.45) is 12.8 Å². The molecule has 0 saturated heterocycles. The number of pyridine rings is 1. The second-order valence-electron chi connectivity index (χ2n) is 2.12. The summed E-state index contributed by atoms with van der Waals surface area (Å²) in [5, 5.41) is 0. The zero-order chi connectivity index (χ0) is 7.56. The Kier molecular flexibility index (Phi) is 1.67. The normalized spacial score (nSPS) is 9.30. The molecule has 0 fully saturated rings. The molecule has 10 heavy (non-hydrogen) atoms. The molecule has 0 aliphatic carbocycles. The highest BCUT2D eigenvalue weighted by Gasteiger charge is 2.02. The molecule has 0 bridgehead atoms. The lowest BCUT2D eigenvalue weighted by Gasteiger charge is -1.89. The molecule has 0 aliphatic heterocycles. The third kappa shape index (κ3) is 1.31. The van der Waals surface area contributed by atoms with Gasteiger partial charge in [-0.15, -0.1) is 0 Å². The lowest BCUT2D eigenvalue weighted by Crippen LogP contribution is -2.28. The average Bonchev–Trinajstić information content (AvgIpc) is 1.88. The molecule has 0 atom stereocenters. The molecule has 0 unspecified atom stereocenters. The van der Waals surface area contributed by atoms with Crippen molar-refractivity contribution >= 4 is 5.91 Å². The summed E-state index contributed by atoms with van der Waals surface area (Å²) in [6.07, 6.45) is 3.52. The molecular weight excluding hydrogens is 128 g/mol. The molecule has 1 heterocycles. The van der Waals surface area contributed by atoms with Crippen molar-refractivity contribution in [2.75, 3.05) is 0 Å². The van der Waals surface area contributed by atoms with Crippen molar-refractivity contribution in [3.8, 4) is 0 Å². The number of carbonyl (C=O) groups is 1. The van der Waals surface area contributed by atoms with Gasteiger partial charge in [0.2, 0.25) is 0 Å². The zero-order valence-corrected chi connectivity index (χ0v) is 5.74. The first-order chi connectivity index (χ1) is 4.70. The number of primary amides is 1. The van der Waals surface area contributed by atoms with Gasteiger partial charge in [-0.05, 0) is 6.07 Å². The number of hydrogen-bond acceptors (Lipinski definition) is 1. The SMILES string of the molecule is C[n+]1cccc(C(N)=O)c1. The molecule has 3 heteroatoms. The molecule has 0 aliphatic rings. The van der Waals surface area contributed by atoms with E-state index in [1.807, 2.05) is 13.2 Å². The van der Waals surface area contributed by atoms with Gasteiger partial charge in [-0.3, -0.25) is 4.79 Å². The maximum Gasteiger partial charge on any atom is 0.254 e. The minimum absolute atomic E-state index is 0.392. The molecular formula is C7H9N2O+. The number of aryl methyl sites for hydroxylation is 1. The van der Waals surface area contributed by atoms with E-state index in [2.05, 4.69) is 0 Å². The first-order valence-electron chi connectivity index (χ1n) is 2.95. The lowest BCUT2D eigenvalue weighted by molar-refractivity contribution is -0.671. The molecule has 0 spiro atoms. The summed E-state index contributed by atoms with van der Waals surface area (Å²) in [6, 6.07) is 3.46. The second kappa shape index (κ2) is 2.47. The van der Waals surface area contributed by atoms with Crippen LogP contribution in [-0.4, -0.2) is 5.91 Å². The second-order valence-corrected chi connectivity index (χ2v) is 2.12. The van der Waals surface area contributed by atoms with E-state index in [1.165, 1.54) is 0 Å². The summed E-state index contributed by atoms with van der Waals surface area (Å²) in [5.41, 5.74) is 5.56. The smallest absolute Gasteiger partial charge is 0.254 e. The standard InChI is InChI=1S/C7H8N2O/c1-9-4-2-3-6(5-9)7(8)10/h2-5H,1H3,(H-,8,10)/p+1. The zero-order valence-electron chi connectivity index (χ0n) is 5.74. The van der Waals surface area contributed by atoms with E-state index >= 15 is 0 Å². The highest BCUT2D eigenvalue weighted by molar-refractivity contribution is 5.92. The fraction of sp³-hybridized carbons (Fsp3) is 0.143. The molecule has 3 nitrogen and oxygen atoms in total. The van der Waals surface area contributed by atoms with Crippen LogP contribution in [0.2, 0.25) is 0 Å². The summed E-state index contributed by atoms with van der Waals surface area (Å²) in [6.45, 7) is 0. The van der Waals surface area contributed by atoms with E-state index in [1.54, 1.807) is 22.9 Å². The predicted octanol–water partition coefficient (Wildman–Crippen LogP) is -0.390. The van der Waals surface area contributed by atoms with Crippen molar-refractivity contribution in [1.29, 1.82) is 0 Å². The molecule has 1 aromatic heterocycles. The molecule has 0 radical (unpaired) electrons. The van der Waals surface area contributed by atoms with Crippen LogP contribution in [0.3, 0.4) is 0 Å². The Morgan fingerprint density at radius 2 is 2.40 bits per heavy atom. The molecule has 1 amide bonds. The Morgan fingerprint density at radius 3 is 2.80 bits per heavy atom. The summed E-state index contributed by atoms with van der Waals surface area (Å²) in [5.74, 6) is -0.392. The Bertz CT molecular complexity index is 258. The van der Waals surface area contributed by atoms with Gasteiger partial charge >= 0.3 is 0 Å². The monoisotopic (exact) mass is 137 g/mol. The molecule has 52 valence electrons. The Labute approximate surface area is 59.1 Å². The quantitative estimate of drug-likeness (QED) is 0.526. The molecule has 1 rings (SSSR count). The Balaban J connectivity index is 3.07. The van der Waals surface area contributed by atoms with Crippen LogP contribution < -0.4 is 10.3 Å². The van der Waals surface area contributed by atoms with Gasteiger partial charge in [0.25, 0.3) is 5.91 Å². The largest absolute Gasteiger partial charge is 0.365 e. The van der Waals surface area contributed by atoms with Crippen LogP contribution in [0.1, 0.15) is 10.4 Å². The van der Waals surface area contributed by atoms with Crippen molar-refractivity contribution in [2.45, 2.75) is 0 Å². The Morgan fingerprint density at radius 1 is 1.70 bits per heavy atom. The summed E-state index contributed by atoms with van der Waals surface area (Å²) >= 11 is 0. The third-order valence-corrected chi connectivity index (χ3v) is 1.22. The van der Waals surface area contributed by atoms with Gasteiger partial charge in [0.15, 0.2) is 12.4 Å². The van der Waals surface area contributed by atoms with Crippen LogP contribution in [0.25, 0.3) is 0 Å². The van der Waals surface area contributed by atoms with Gasteiger partial charge in [-0.1, -0.05) is 0 Å². The fourth-order valence-corrected chi connectivity index (χ4v) is 0.734. The summed E-state index contributed by atoms with van der Waals surface area (Å²) in [7, 11) is 1.84. The number of aromatic nitrogens is 1. The lowest BCUT2D eigenvalue weighted by atomic mass is 10.3. The van der Waals surface area contributed by atoms with E-state index in [0.717, 1.165) is 0 Å². The summed E-state index contributed by atoms with van der Waals surface area (Å²) in [4.78, 5) is 10.6. The van der Waals surface area contributed by atoms with Crippen LogP contribution in [-0.2, 0) is 7.05 Å². The van der Waals surface area contributed by atoms with Crippen molar-refractivity contribution in [3.05, 3.63) is 30.1 Å². The third-order valence-electron chi connectivity index (χ3n) is 1.22. The van der Waals surface area contributed by atoms with Crippen LogP contribution in [0.4, 0.5) is 0 Å². The van der Waals surface area contributed by atoms with Gasteiger partial charge in [-0.25, -0.2) is 4.57 Å². The average molecular weight is 137 g/mol. The predicted molar refractivity (Wildman–Crippen MR) is 36.1 cm³/mol. The van der Waals surface area contributed by atoms with Gasteiger partial charge in [-0.2, -0.15) is 0 Å². The van der Waals surface area contributed by atoms with Crippen molar-refractivity contribution in [1.82, 2.24) is 0 Å². The van der Waals surface area contributed by atoms with E-state index in [9.17, 15) is 4.79 Å². The van der Waals surface area contributed by atoms with Crippen LogP contribution >= 0.6 is 0 Å². The van der Waals surface area contributed by atoms with Gasteiger partial charge in [0.05, 0.1) is 0 Å². The van der Waals surface area contributed by atoms with Crippen LogP contribution in [0.15, 0.2) is 24.5 Å². The van der Waals surface area contributed by atoms with E-state index in [4.69, 9.17) is 5.73 Å². The van der Waals surface area contributed by atoms with E-state index < -0.39 is 5.91 Å². The molecule has 0 saturated carbocycles. The fourth-order valence-electron chi connectivity index (χ4n) is 0.734. The number of nitrogens with two attached hydrogens (primary N) is 1. The van der Waals surface area contributed by atoms with Crippen molar-refractivity contribution < 1.29 is 9.36 Å². The maximum atomic E-state index is 10.6. The number of hydrogen-bond donors (Lipinski definition) is 1. The molecule has 2 N–H and O–H groups in total. The first kappa shape index (κ1) is 6.74. The highest BCUT2D eigenvalue weighted by Crippen LogP contribution is 1.89. The number of nitrogens with zero attached hydrogens (tertiary/aromatic N) is 1. The van der Waals surface area contributed by atoms with Gasteiger partial charge < -0.3 is 5.73 Å². The Hall–Kier alpha value is -1.38. The van der Waals surface area contributed by atoms with Crippen LogP contribution in [0.5, 0.6) is 0 Å². The van der Waals surface area contributed by atoms with Gasteiger partial charge in [0.1, 0.15) is 12.6 Å². The minimum atomic E-state index is -0.392. The number of amides is 1. The van der Waals surface area contributed by atoms with Crippen LogP contribution in [0, 0.1) is 0 Å². The topological polar surface area (TPSA) is 47.0 Å². The van der Waals surface area contributed by atoms with Gasteiger partial charge in [0, 0.05) is 6.07 Å². The van der Waals surface area contributed by atoms with E-state index in [-0.39, 0.29) is 0 Å². The first-order valence-corrected chi connectivity index (χ1v) is 2.95. The number of carbonyl (C=O) groups excluding carboxylic acids is 1. The highest BCUT2D eigenvalue weighted by atomic mass is 16.1. The molecule has 0 aromatic carbocycles. The minimum Gasteiger partial charge on any atom is -0.365 e. The van der Waals surface area contributed by atoms with Crippen molar-refractivity contribution in [3.63, 3.8) is 0 Å². The van der Waals surface area contributed by atoms with E-state index in [0.29, 0.717) is 5.56 Å². The maximum absolute atomic E-state index is 10.6. The molecule has 1 aromatic rings.